The number of aromatic nitrogens is 1. The minimum absolute atomic E-state index is 0.933. The van der Waals surface area contributed by atoms with Gasteiger partial charge in [-0.05, 0) is 46.7 Å². The molecule has 1 heteroatoms. The van der Waals surface area contributed by atoms with Crippen LogP contribution < -0.4 is 0 Å². The highest BCUT2D eigenvalue weighted by atomic mass is 14.6. The summed E-state index contributed by atoms with van der Waals surface area (Å²) in [6, 6.07) is 21.7. The Balaban J connectivity index is 1.77. The van der Waals surface area contributed by atoms with Crippen molar-refractivity contribution >= 4 is 0 Å². The number of nitrogens with zero attached hydrogens (tertiary/aromatic N) is 1. The summed E-state index contributed by atoms with van der Waals surface area (Å²) in [7, 11) is 0. The number of aryl methyl sites for hydroxylation is 1. The third-order valence-electron chi connectivity index (χ3n) is 3.78. The summed E-state index contributed by atoms with van der Waals surface area (Å²) in [5, 5.41) is 0. The molecule has 1 nitrogen and oxygen atoms in total. The molecule has 0 radical (unpaired) electrons. The molecule has 2 aromatic carbocycles. The van der Waals surface area contributed by atoms with Gasteiger partial charge in [-0.15, -0.1) is 0 Å². The number of hydrogen-bond donors (Lipinski definition) is 0. The molecule has 0 aliphatic rings. The molecular formula is C20H19N. The highest BCUT2D eigenvalue weighted by molar-refractivity contribution is 5.64. The van der Waals surface area contributed by atoms with E-state index in [0.717, 1.165) is 12.8 Å². The van der Waals surface area contributed by atoms with E-state index in [2.05, 4.69) is 66.5 Å². The SMILES string of the molecule is CCc1ccc(-c2ccc(Cc3cccnc3)cc2)cc1. The number of pyridine rings is 1. The van der Waals surface area contributed by atoms with E-state index in [1.165, 1.54) is 27.8 Å². The lowest BCUT2D eigenvalue weighted by Gasteiger charge is -2.06. The lowest BCUT2D eigenvalue weighted by atomic mass is 10.00. The van der Waals surface area contributed by atoms with Gasteiger partial charge in [0.15, 0.2) is 0 Å². The van der Waals surface area contributed by atoms with E-state index in [0.29, 0.717) is 0 Å². The van der Waals surface area contributed by atoms with Crippen LogP contribution in [0.25, 0.3) is 11.1 Å². The molecule has 0 aliphatic heterocycles. The largest absolute Gasteiger partial charge is 0.264 e. The summed E-state index contributed by atoms with van der Waals surface area (Å²) in [6.07, 6.45) is 5.76. The maximum Gasteiger partial charge on any atom is 0.0303 e. The fraction of sp³-hybridized carbons (Fsp3) is 0.150. The predicted octanol–water partition coefficient (Wildman–Crippen LogP) is 4.90. The third-order valence-corrected chi connectivity index (χ3v) is 3.78. The van der Waals surface area contributed by atoms with Gasteiger partial charge in [-0.2, -0.15) is 0 Å². The summed E-state index contributed by atoms with van der Waals surface area (Å²) in [5.41, 5.74) is 6.49. The van der Waals surface area contributed by atoms with Crippen LogP contribution in [-0.2, 0) is 12.8 Å². The maximum atomic E-state index is 4.16. The van der Waals surface area contributed by atoms with Gasteiger partial charge in [-0.25, -0.2) is 0 Å². The molecule has 3 aromatic rings. The monoisotopic (exact) mass is 273 g/mol. The van der Waals surface area contributed by atoms with Crippen molar-refractivity contribution in [3.63, 3.8) is 0 Å². The summed E-state index contributed by atoms with van der Waals surface area (Å²) in [5.74, 6) is 0. The Morgan fingerprint density at radius 2 is 1.33 bits per heavy atom. The molecule has 21 heavy (non-hydrogen) atoms. The van der Waals surface area contributed by atoms with Crippen molar-refractivity contribution in [3.05, 3.63) is 89.7 Å². The number of hydrogen-bond acceptors (Lipinski definition) is 1. The minimum Gasteiger partial charge on any atom is -0.264 e. The smallest absolute Gasteiger partial charge is 0.0303 e. The zero-order valence-electron chi connectivity index (χ0n) is 12.3. The van der Waals surface area contributed by atoms with E-state index in [4.69, 9.17) is 0 Å². The molecule has 0 saturated heterocycles. The normalized spacial score (nSPS) is 10.5. The second kappa shape index (κ2) is 6.36. The fourth-order valence-corrected chi connectivity index (χ4v) is 2.49. The fourth-order valence-electron chi connectivity index (χ4n) is 2.49. The van der Waals surface area contributed by atoms with Crippen molar-refractivity contribution in [2.45, 2.75) is 19.8 Å². The van der Waals surface area contributed by atoms with Crippen molar-refractivity contribution in [1.29, 1.82) is 0 Å². The highest BCUT2D eigenvalue weighted by Gasteiger charge is 2.00. The molecule has 0 bridgehead atoms. The Bertz CT molecular complexity index is 682. The first-order valence-corrected chi connectivity index (χ1v) is 7.42. The molecule has 0 amide bonds. The van der Waals surface area contributed by atoms with E-state index < -0.39 is 0 Å². The second-order valence-electron chi connectivity index (χ2n) is 5.29. The van der Waals surface area contributed by atoms with Gasteiger partial charge in [0.2, 0.25) is 0 Å². The molecule has 0 aliphatic carbocycles. The molecule has 0 fully saturated rings. The molecule has 1 heterocycles. The Labute approximate surface area is 126 Å². The first-order chi connectivity index (χ1) is 10.3. The Hall–Kier alpha value is -2.41. The van der Waals surface area contributed by atoms with E-state index in [9.17, 15) is 0 Å². The topological polar surface area (TPSA) is 12.9 Å². The quantitative estimate of drug-likeness (QED) is 0.658. The van der Waals surface area contributed by atoms with Crippen LogP contribution in [0.15, 0.2) is 73.1 Å². The Kier molecular flexibility index (Phi) is 4.11. The summed E-state index contributed by atoms with van der Waals surface area (Å²) in [4.78, 5) is 4.16. The van der Waals surface area contributed by atoms with Gasteiger partial charge in [0.1, 0.15) is 0 Å². The standard InChI is InChI=1S/C20H19N/c1-2-16-5-9-19(10-6-16)20-11-7-17(8-12-20)14-18-4-3-13-21-15-18/h3-13,15H,2,14H2,1H3. The molecule has 3 rings (SSSR count). The molecule has 0 N–H and O–H groups in total. The molecular weight excluding hydrogens is 254 g/mol. The summed E-state index contributed by atoms with van der Waals surface area (Å²) >= 11 is 0. The van der Waals surface area contributed by atoms with Gasteiger partial charge in [-0.1, -0.05) is 61.5 Å². The van der Waals surface area contributed by atoms with Crippen LogP contribution in [0.1, 0.15) is 23.6 Å². The Morgan fingerprint density at radius 1 is 0.714 bits per heavy atom. The van der Waals surface area contributed by atoms with Crippen LogP contribution in [0.4, 0.5) is 0 Å². The van der Waals surface area contributed by atoms with E-state index >= 15 is 0 Å². The molecule has 0 atom stereocenters. The zero-order valence-corrected chi connectivity index (χ0v) is 12.3. The average molecular weight is 273 g/mol. The van der Waals surface area contributed by atoms with Crippen LogP contribution in [-0.4, -0.2) is 4.98 Å². The first kappa shape index (κ1) is 13.6. The molecule has 104 valence electrons. The first-order valence-electron chi connectivity index (χ1n) is 7.42. The maximum absolute atomic E-state index is 4.16. The minimum atomic E-state index is 0.933. The van der Waals surface area contributed by atoms with Crippen LogP contribution in [0.5, 0.6) is 0 Å². The van der Waals surface area contributed by atoms with Crippen molar-refractivity contribution < 1.29 is 0 Å². The molecule has 1 aromatic heterocycles. The van der Waals surface area contributed by atoms with E-state index in [1.807, 2.05) is 18.5 Å². The summed E-state index contributed by atoms with van der Waals surface area (Å²) in [6.45, 7) is 2.18. The van der Waals surface area contributed by atoms with Gasteiger partial charge >= 0.3 is 0 Å². The van der Waals surface area contributed by atoms with Crippen molar-refractivity contribution in [1.82, 2.24) is 4.98 Å². The van der Waals surface area contributed by atoms with E-state index in [-0.39, 0.29) is 0 Å². The van der Waals surface area contributed by atoms with E-state index in [1.54, 1.807) is 0 Å². The van der Waals surface area contributed by atoms with Crippen LogP contribution in [0.2, 0.25) is 0 Å². The Morgan fingerprint density at radius 3 is 1.86 bits per heavy atom. The predicted molar refractivity (Wildman–Crippen MR) is 88.3 cm³/mol. The van der Waals surface area contributed by atoms with Gasteiger partial charge < -0.3 is 0 Å². The molecule has 0 unspecified atom stereocenters. The van der Waals surface area contributed by atoms with Crippen LogP contribution in [0.3, 0.4) is 0 Å². The van der Waals surface area contributed by atoms with Crippen LogP contribution in [0, 0.1) is 0 Å². The number of benzene rings is 2. The van der Waals surface area contributed by atoms with Crippen LogP contribution >= 0.6 is 0 Å². The number of rotatable bonds is 4. The highest BCUT2D eigenvalue weighted by Crippen LogP contribution is 2.21. The average Bonchev–Trinajstić information content (AvgIpc) is 2.57. The molecule has 0 spiro atoms. The zero-order chi connectivity index (χ0) is 14.5. The lowest BCUT2D eigenvalue weighted by Crippen LogP contribution is -1.89. The van der Waals surface area contributed by atoms with Crippen molar-refractivity contribution in [2.75, 3.05) is 0 Å². The molecule has 0 saturated carbocycles. The van der Waals surface area contributed by atoms with Gasteiger partial charge in [-0.3, -0.25) is 4.98 Å². The van der Waals surface area contributed by atoms with Crippen molar-refractivity contribution in [2.24, 2.45) is 0 Å². The van der Waals surface area contributed by atoms with Crippen molar-refractivity contribution in [3.8, 4) is 11.1 Å². The lowest BCUT2D eigenvalue weighted by molar-refractivity contribution is 1.14. The van der Waals surface area contributed by atoms with Gasteiger partial charge in [0, 0.05) is 12.4 Å². The van der Waals surface area contributed by atoms with Gasteiger partial charge in [0.25, 0.3) is 0 Å². The summed E-state index contributed by atoms with van der Waals surface area (Å²) < 4.78 is 0. The van der Waals surface area contributed by atoms with Gasteiger partial charge in [0.05, 0.1) is 0 Å². The third kappa shape index (κ3) is 3.38. The second-order valence-corrected chi connectivity index (χ2v) is 5.29.